The lowest BCUT2D eigenvalue weighted by molar-refractivity contribution is -0.140. The fraction of sp³-hybridized carbons (Fsp3) is 0.200. The Morgan fingerprint density at radius 1 is 1.11 bits per heavy atom. The number of aliphatic hydroxyl groups is 1. The van der Waals surface area contributed by atoms with E-state index in [9.17, 15) is 14.7 Å². The number of ketones is 1. The summed E-state index contributed by atoms with van der Waals surface area (Å²) in [6.07, 6.45) is 2.43. The van der Waals surface area contributed by atoms with Gasteiger partial charge in [-0.25, -0.2) is 0 Å². The van der Waals surface area contributed by atoms with Crippen LogP contribution in [0.2, 0.25) is 0 Å². The van der Waals surface area contributed by atoms with Crippen LogP contribution in [0.1, 0.15) is 35.2 Å². The van der Waals surface area contributed by atoms with Gasteiger partial charge in [-0.05, 0) is 53.9 Å². The Bertz CT molecular complexity index is 1340. The van der Waals surface area contributed by atoms with E-state index in [4.69, 9.17) is 9.47 Å². The van der Waals surface area contributed by atoms with Crippen molar-refractivity contribution in [2.75, 3.05) is 6.61 Å². The fourth-order valence-corrected chi connectivity index (χ4v) is 4.80. The van der Waals surface area contributed by atoms with Crippen LogP contribution in [-0.2, 0) is 22.6 Å². The van der Waals surface area contributed by atoms with Crippen LogP contribution < -0.4 is 9.47 Å². The van der Waals surface area contributed by atoms with E-state index in [0.29, 0.717) is 29.9 Å². The number of ether oxygens (including phenoxy) is 2. The van der Waals surface area contributed by atoms with Gasteiger partial charge in [-0.3, -0.25) is 9.59 Å². The van der Waals surface area contributed by atoms with Gasteiger partial charge in [-0.1, -0.05) is 55.1 Å². The van der Waals surface area contributed by atoms with Gasteiger partial charge in [-0.2, -0.15) is 0 Å². The van der Waals surface area contributed by atoms with E-state index in [1.807, 2.05) is 55.5 Å². The highest BCUT2D eigenvalue weighted by Crippen LogP contribution is 2.41. The van der Waals surface area contributed by atoms with Gasteiger partial charge in [0.2, 0.25) is 0 Å². The predicted octanol–water partition coefficient (Wildman–Crippen LogP) is 5.20. The molecule has 1 amide bonds. The molecule has 0 aromatic heterocycles. The number of hydrogen-bond donors (Lipinski definition) is 1. The van der Waals surface area contributed by atoms with Crippen LogP contribution >= 0.6 is 0 Å². The molecule has 1 saturated heterocycles. The Morgan fingerprint density at radius 3 is 2.58 bits per heavy atom. The van der Waals surface area contributed by atoms with Crippen LogP contribution in [0.4, 0.5) is 0 Å². The molecule has 2 unspecified atom stereocenters. The number of carbonyl (C=O) groups is 2. The average Bonchev–Trinajstić information content (AvgIpc) is 3.39. The van der Waals surface area contributed by atoms with Crippen molar-refractivity contribution in [2.24, 2.45) is 0 Å². The van der Waals surface area contributed by atoms with Crippen LogP contribution in [-0.4, -0.2) is 34.4 Å². The van der Waals surface area contributed by atoms with Crippen LogP contribution in [0.3, 0.4) is 0 Å². The first-order chi connectivity index (χ1) is 17.5. The summed E-state index contributed by atoms with van der Waals surface area (Å²) in [5.74, 6) is -0.120. The van der Waals surface area contributed by atoms with Crippen LogP contribution in [0.25, 0.3) is 5.76 Å². The number of Topliss-reactive ketones (excluding diaryl/α,β-unsaturated/α-hetero) is 1. The molecule has 0 saturated carbocycles. The molecule has 1 N–H and O–H groups in total. The zero-order valence-corrected chi connectivity index (χ0v) is 20.0. The zero-order chi connectivity index (χ0) is 25.2. The molecule has 6 nitrogen and oxygen atoms in total. The largest absolute Gasteiger partial charge is 0.507 e. The van der Waals surface area contributed by atoms with Crippen molar-refractivity contribution < 1.29 is 24.2 Å². The lowest BCUT2D eigenvalue weighted by Crippen LogP contribution is -2.29. The van der Waals surface area contributed by atoms with Gasteiger partial charge >= 0.3 is 0 Å². The Hall–Kier alpha value is -4.32. The molecular formula is C30H27NO5. The van der Waals surface area contributed by atoms with Crippen molar-refractivity contribution in [2.45, 2.75) is 32.0 Å². The third kappa shape index (κ3) is 4.38. The second-order valence-corrected chi connectivity index (χ2v) is 9.04. The van der Waals surface area contributed by atoms with Crippen molar-refractivity contribution in [1.29, 1.82) is 0 Å². The smallest absolute Gasteiger partial charge is 0.295 e. The summed E-state index contributed by atoms with van der Waals surface area (Å²) in [5, 5.41) is 11.4. The van der Waals surface area contributed by atoms with E-state index in [1.54, 1.807) is 30.3 Å². The number of nitrogens with zero attached hydrogens (tertiary/aromatic N) is 1. The Labute approximate surface area is 210 Å². The molecule has 2 aliphatic rings. The first-order valence-electron chi connectivity index (χ1n) is 11.9. The lowest BCUT2D eigenvalue weighted by Gasteiger charge is -2.25. The van der Waals surface area contributed by atoms with Crippen molar-refractivity contribution in [3.63, 3.8) is 0 Å². The number of hydrogen-bond acceptors (Lipinski definition) is 5. The van der Waals surface area contributed by atoms with E-state index in [0.717, 1.165) is 16.9 Å². The first kappa shape index (κ1) is 23.4. The Morgan fingerprint density at radius 2 is 1.86 bits per heavy atom. The summed E-state index contributed by atoms with van der Waals surface area (Å²) >= 11 is 0. The number of likely N-dealkylation sites (tertiary alicyclic amines) is 1. The average molecular weight is 482 g/mol. The molecule has 0 radical (unpaired) electrons. The quantitative estimate of drug-likeness (QED) is 0.217. The maximum Gasteiger partial charge on any atom is 0.295 e. The number of fused-ring (bicyclic) bond motifs is 1. The summed E-state index contributed by atoms with van der Waals surface area (Å²) in [5.41, 5.74) is 3.11. The lowest BCUT2D eigenvalue weighted by atomic mass is 9.94. The standard InChI is InChI=1S/C30H27NO5/c1-3-15-35-24-12-9-21(10-13-24)27-26(28(32)22-11-14-25-23(17-22)16-19(2)36-25)29(33)30(34)31(27)18-20-7-5-4-6-8-20/h3-14,17,19,27,32H,1,15-16,18H2,2H3/b28-26-. The van der Waals surface area contributed by atoms with E-state index < -0.39 is 17.7 Å². The number of amides is 1. The SMILES string of the molecule is C=CCOc1ccc(C2/C(=C(/O)c3ccc4c(c3)CC(C)O4)C(=O)C(=O)N2Cc2ccccc2)cc1. The maximum atomic E-state index is 13.3. The second kappa shape index (κ2) is 9.74. The summed E-state index contributed by atoms with van der Waals surface area (Å²) in [6, 6.07) is 21.3. The summed E-state index contributed by atoms with van der Waals surface area (Å²) < 4.78 is 11.4. The molecule has 2 atom stereocenters. The van der Waals surface area contributed by atoms with E-state index in [-0.39, 0.29) is 24.0 Å². The third-order valence-corrected chi connectivity index (χ3v) is 6.47. The summed E-state index contributed by atoms with van der Waals surface area (Å²) in [4.78, 5) is 28.1. The van der Waals surface area contributed by atoms with Crippen molar-refractivity contribution in [1.82, 2.24) is 4.90 Å². The second-order valence-electron chi connectivity index (χ2n) is 9.04. The first-order valence-corrected chi connectivity index (χ1v) is 11.9. The van der Waals surface area contributed by atoms with Gasteiger partial charge in [0, 0.05) is 18.5 Å². The van der Waals surface area contributed by atoms with Crippen molar-refractivity contribution >= 4 is 17.4 Å². The summed E-state index contributed by atoms with van der Waals surface area (Å²) in [7, 11) is 0. The molecule has 0 spiro atoms. The molecule has 0 aliphatic carbocycles. The Kier molecular flexibility index (Phi) is 6.34. The number of rotatable bonds is 7. The Balaban J connectivity index is 1.59. The maximum absolute atomic E-state index is 13.3. The van der Waals surface area contributed by atoms with Gasteiger partial charge in [0.05, 0.1) is 11.6 Å². The molecular weight excluding hydrogens is 454 g/mol. The van der Waals surface area contributed by atoms with Crippen LogP contribution in [0, 0.1) is 0 Å². The minimum atomic E-state index is -0.748. The predicted molar refractivity (Wildman–Crippen MR) is 137 cm³/mol. The zero-order valence-electron chi connectivity index (χ0n) is 20.0. The number of aliphatic hydroxyl groups excluding tert-OH is 1. The van der Waals surface area contributed by atoms with Gasteiger partial charge < -0.3 is 19.5 Å². The summed E-state index contributed by atoms with van der Waals surface area (Å²) in [6.45, 7) is 6.24. The molecule has 3 aromatic carbocycles. The van der Waals surface area contributed by atoms with Gasteiger partial charge in [0.15, 0.2) is 0 Å². The molecule has 6 heteroatoms. The molecule has 1 fully saturated rings. The highest BCUT2D eigenvalue weighted by Gasteiger charge is 2.46. The molecule has 182 valence electrons. The highest BCUT2D eigenvalue weighted by molar-refractivity contribution is 6.46. The highest BCUT2D eigenvalue weighted by atomic mass is 16.5. The molecule has 36 heavy (non-hydrogen) atoms. The molecule has 0 bridgehead atoms. The van der Waals surface area contributed by atoms with Gasteiger partial charge in [-0.15, -0.1) is 0 Å². The minimum absolute atomic E-state index is 0.0515. The van der Waals surface area contributed by atoms with E-state index >= 15 is 0 Å². The van der Waals surface area contributed by atoms with E-state index in [1.165, 1.54) is 4.90 Å². The molecule has 3 aromatic rings. The minimum Gasteiger partial charge on any atom is -0.507 e. The molecule has 5 rings (SSSR count). The normalized spacial score (nSPS) is 20.2. The molecule has 2 heterocycles. The number of carbonyl (C=O) groups excluding carboxylic acids is 2. The van der Waals surface area contributed by atoms with Gasteiger partial charge in [0.1, 0.15) is 30.0 Å². The van der Waals surface area contributed by atoms with Crippen LogP contribution in [0.15, 0.2) is 91.0 Å². The van der Waals surface area contributed by atoms with Crippen LogP contribution in [0.5, 0.6) is 11.5 Å². The fourth-order valence-electron chi connectivity index (χ4n) is 4.80. The molecule has 2 aliphatic heterocycles. The van der Waals surface area contributed by atoms with Gasteiger partial charge in [0.25, 0.3) is 11.7 Å². The number of benzene rings is 3. The van der Waals surface area contributed by atoms with Crippen molar-refractivity contribution in [3.8, 4) is 11.5 Å². The van der Waals surface area contributed by atoms with E-state index in [2.05, 4.69) is 6.58 Å². The topological polar surface area (TPSA) is 76.1 Å². The van der Waals surface area contributed by atoms with Crippen molar-refractivity contribution in [3.05, 3.63) is 113 Å². The third-order valence-electron chi connectivity index (χ3n) is 6.47. The monoisotopic (exact) mass is 481 g/mol.